The fourth-order valence-electron chi connectivity index (χ4n) is 3.91. The lowest BCUT2D eigenvalue weighted by Crippen LogP contribution is -2.36. The number of hydrogen-bond acceptors (Lipinski definition) is 7. The molecular formula is C23H24F2N6O3. The summed E-state index contributed by atoms with van der Waals surface area (Å²) in [4.78, 5) is 11.5. The van der Waals surface area contributed by atoms with E-state index in [1.807, 2.05) is 6.07 Å². The number of benzene rings is 1. The summed E-state index contributed by atoms with van der Waals surface area (Å²) in [5, 5.41) is 4.61. The van der Waals surface area contributed by atoms with Crippen LogP contribution in [0.4, 0.5) is 14.5 Å². The van der Waals surface area contributed by atoms with Gasteiger partial charge in [0.25, 0.3) is 0 Å². The average Bonchev–Trinajstić information content (AvgIpc) is 3.51. The lowest BCUT2D eigenvalue weighted by Gasteiger charge is -2.29. The molecule has 3 aromatic heterocycles. The van der Waals surface area contributed by atoms with Gasteiger partial charge in [0.05, 0.1) is 41.6 Å². The van der Waals surface area contributed by atoms with E-state index in [2.05, 4.69) is 19.7 Å². The zero-order valence-electron chi connectivity index (χ0n) is 21.1. The fraction of sp³-hybridized carbons (Fsp3) is 0.348. The minimum atomic E-state index is -2.92. The number of nitrogens with zero attached hydrogens (tertiary/aromatic N) is 6. The van der Waals surface area contributed by atoms with Crippen molar-refractivity contribution in [3.63, 3.8) is 0 Å². The molecule has 1 saturated heterocycles. The maximum Gasteiger partial charge on any atom is 0.387 e. The minimum absolute atomic E-state index is 0.0380. The molecule has 0 bridgehead atoms. The van der Waals surface area contributed by atoms with Crippen LogP contribution in [0.5, 0.6) is 5.75 Å². The van der Waals surface area contributed by atoms with Crippen molar-refractivity contribution in [2.24, 2.45) is 0 Å². The number of fused-ring (bicyclic) bond motifs is 1. The maximum atomic E-state index is 12.6. The van der Waals surface area contributed by atoms with E-state index in [4.69, 9.17) is 18.6 Å². The van der Waals surface area contributed by atoms with Crippen LogP contribution in [0.1, 0.15) is 4.11 Å². The standard InChI is InChI=1S/C23H24F2N6O3/c1-32-10-7-30-15-26-21-19(29-8-11-33-12-9-29)14-20(27-22(21)30)31-6-5-18(28-31)16-3-2-4-17(13-16)34-23(24)25/h2-6,13-15,23H,7-12H2,1H3/i1D3. The summed E-state index contributed by atoms with van der Waals surface area (Å²) in [6.45, 7) is -0.204. The predicted octanol–water partition coefficient (Wildman–Crippen LogP) is 3.37. The second-order valence-electron chi connectivity index (χ2n) is 7.61. The van der Waals surface area contributed by atoms with E-state index in [1.54, 1.807) is 40.0 Å². The summed E-state index contributed by atoms with van der Waals surface area (Å²) in [5.74, 6) is 0.554. The van der Waals surface area contributed by atoms with E-state index in [0.717, 1.165) is 5.69 Å². The molecule has 0 N–H and O–H groups in total. The molecule has 0 atom stereocenters. The number of morpholine rings is 1. The second-order valence-corrected chi connectivity index (χ2v) is 7.61. The Morgan fingerprint density at radius 1 is 1.21 bits per heavy atom. The van der Waals surface area contributed by atoms with Crippen LogP contribution in [0.25, 0.3) is 28.2 Å². The molecule has 1 aliphatic heterocycles. The second kappa shape index (κ2) is 9.74. The molecular weight excluding hydrogens is 446 g/mol. The topological polar surface area (TPSA) is 79.5 Å². The van der Waals surface area contributed by atoms with Gasteiger partial charge in [-0.3, -0.25) is 0 Å². The van der Waals surface area contributed by atoms with Gasteiger partial charge in [0.2, 0.25) is 0 Å². The van der Waals surface area contributed by atoms with Gasteiger partial charge in [-0.15, -0.1) is 0 Å². The van der Waals surface area contributed by atoms with Gasteiger partial charge in [0.15, 0.2) is 11.5 Å². The van der Waals surface area contributed by atoms with Crippen LogP contribution in [0.2, 0.25) is 0 Å². The first-order valence-corrected chi connectivity index (χ1v) is 10.7. The predicted molar refractivity (Wildman–Crippen MR) is 122 cm³/mol. The monoisotopic (exact) mass is 473 g/mol. The molecule has 4 heterocycles. The molecule has 0 saturated carbocycles. The summed E-state index contributed by atoms with van der Waals surface area (Å²) >= 11 is 0. The Bertz CT molecular complexity index is 1370. The van der Waals surface area contributed by atoms with Gasteiger partial charge in [-0.25, -0.2) is 14.6 Å². The molecule has 178 valence electrons. The molecule has 1 aromatic carbocycles. The van der Waals surface area contributed by atoms with Crippen LogP contribution in [0.15, 0.2) is 48.9 Å². The van der Waals surface area contributed by atoms with Crippen LogP contribution >= 0.6 is 0 Å². The van der Waals surface area contributed by atoms with E-state index >= 15 is 0 Å². The number of halogens is 2. The Morgan fingerprint density at radius 2 is 2.09 bits per heavy atom. The quantitative estimate of drug-likeness (QED) is 0.388. The highest BCUT2D eigenvalue weighted by Crippen LogP contribution is 2.29. The third-order valence-electron chi connectivity index (χ3n) is 5.50. The highest BCUT2D eigenvalue weighted by Gasteiger charge is 2.20. The van der Waals surface area contributed by atoms with E-state index in [1.165, 1.54) is 12.1 Å². The normalized spacial score (nSPS) is 16.0. The SMILES string of the molecule is [2H]C([2H])([2H])OCCn1cnc2c(N3CCOCC3)cc(-n3ccc(-c4cccc(OC(F)F)c4)n3)nc21. The number of methoxy groups -OCH3 is 1. The van der Waals surface area contributed by atoms with Crippen molar-refractivity contribution >= 4 is 16.9 Å². The first kappa shape index (κ1) is 18.8. The minimum Gasteiger partial charge on any atom is -0.435 e. The third-order valence-corrected chi connectivity index (χ3v) is 5.50. The highest BCUT2D eigenvalue weighted by molar-refractivity contribution is 5.87. The van der Waals surface area contributed by atoms with Crippen molar-refractivity contribution in [2.45, 2.75) is 13.2 Å². The number of aromatic nitrogens is 5. The van der Waals surface area contributed by atoms with Crippen LogP contribution in [0, 0.1) is 0 Å². The van der Waals surface area contributed by atoms with Gasteiger partial charge in [-0.1, -0.05) is 12.1 Å². The zero-order chi connectivity index (χ0) is 26.0. The summed E-state index contributed by atoms with van der Waals surface area (Å²) in [6.07, 6.45) is 3.34. The van der Waals surface area contributed by atoms with Crippen molar-refractivity contribution in [3.05, 3.63) is 48.9 Å². The summed E-state index contributed by atoms with van der Waals surface area (Å²) in [6, 6.07) is 9.95. The molecule has 9 nitrogen and oxygen atoms in total. The van der Waals surface area contributed by atoms with E-state index < -0.39 is 13.6 Å². The molecule has 1 fully saturated rings. The van der Waals surface area contributed by atoms with Crippen molar-refractivity contribution in [1.29, 1.82) is 0 Å². The highest BCUT2D eigenvalue weighted by atomic mass is 19.3. The summed E-state index contributed by atoms with van der Waals surface area (Å²) < 4.78 is 65.3. The number of hydrogen-bond donors (Lipinski definition) is 0. The van der Waals surface area contributed by atoms with E-state index in [-0.39, 0.29) is 18.9 Å². The molecule has 0 radical (unpaired) electrons. The molecule has 0 unspecified atom stereocenters. The Hall–Kier alpha value is -3.57. The summed E-state index contributed by atoms with van der Waals surface area (Å²) in [5.41, 5.74) is 3.23. The first-order chi connectivity index (χ1) is 17.8. The van der Waals surface area contributed by atoms with Gasteiger partial charge >= 0.3 is 6.61 Å². The molecule has 0 aliphatic carbocycles. The number of pyridine rings is 1. The largest absolute Gasteiger partial charge is 0.435 e. The van der Waals surface area contributed by atoms with Crippen LogP contribution in [-0.2, 0) is 16.0 Å². The number of anilines is 1. The number of alkyl halides is 2. The fourth-order valence-corrected chi connectivity index (χ4v) is 3.91. The van der Waals surface area contributed by atoms with Crippen LogP contribution in [0.3, 0.4) is 0 Å². The zero-order valence-corrected chi connectivity index (χ0v) is 18.1. The average molecular weight is 473 g/mol. The number of ether oxygens (including phenoxy) is 3. The van der Waals surface area contributed by atoms with Crippen molar-refractivity contribution in [3.8, 4) is 22.8 Å². The lowest BCUT2D eigenvalue weighted by atomic mass is 10.1. The van der Waals surface area contributed by atoms with E-state index in [0.29, 0.717) is 54.5 Å². The smallest absolute Gasteiger partial charge is 0.387 e. The van der Waals surface area contributed by atoms with E-state index in [9.17, 15) is 8.78 Å². The molecule has 5 rings (SSSR count). The molecule has 0 spiro atoms. The number of rotatable bonds is 8. The van der Waals surface area contributed by atoms with Crippen LogP contribution in [-0.4, -0.2) is 70.9 Å². The molecule has 1 aliphatic rings. The van der Waals surface area contributed by atoms with Crippen LogP contribution < -0.4 is 9.64 Å². The molecule has 4 aromatic rings. The Balaban J connectivity index is 1.50. The number of imidazole rings is 1. The van der Waals surface area contributed by atoms with Gasteiger partial charge in [-0.2, -0.15) is 13.9 Å². The first-order valence-electron chi connectivity index (χ1n) is 12.2. The van der Waals surface area contributed by atoms with Gasteiger partial charge < -0.3 is 23.7 Å². The molecule has 0 amide bonds. The van der Waals surface area contributed by atoms with Gasteiger partial charge in [0.1, 0.15) is 11.3 Å². The van der Waals surface area contributed by atoms with Gasteiger partial charge in [-0.05, 0) is 18.2 Å². The maximum absolute atomic E-state index is 12.6. The van der Waals surface area contributed by atoms with Crippen molar-refractivity contribution in [2.75, 3.05) is 44.8 Å². The van der Waals surface area contributed by atoms with Crippen molar-refractivity contribution in [1.82, 2.24) is 24.3 Å². The molecule has 11 heteroatoms. The Morgan fingerprint density at radius 3 is 2.91 bits per heavy atom. The van der Waals surface area contributed by atoms with Gasteiger partial charge in [0, 0.05) is 44.5 Å². The summed E-state index contributed by atoms with van der Waals surface area (Å²) in [7, 11) is -2.49. The van der Waals surface area contributed by atoms with Crippen molar-refractivity contribution < 1.29 is 27.1 Å². The Labute approximate surface area is 198 Å². The third kappa shape index (κ3) is 4.57. The molecule has 34 heavy (non-hydrogen) atoms. The lowest BCUT2D eigenvalue weighted by molar-refractivity contribution is -0.0498. The Kier molecular flexibility index (Phi) is 5.39.